The van der Waals surface area contributed by atoms with Gasteiger partial charge in [-0.2, -0.15) is 0 Å². The Morgan fingerprint density at radius 3 is 2.56 bits per heavy atom. The maximum Gasteiger partial charge on any atom is 0.348 e. The van der Waals surface area contributed by atoms with Gasteiger partial charge in [-0.1, -0.05) is 6.07 Å². The third-order valence-electron chi connectivity index (χ3n) is 4.12. The number of thiophene rings is 2. The molecule has 1 saturated heterocycles. The van der Waals surface area contributed by atoms with Gasteiger partial charge in [-0.3, -0.25) is 9.59 Å². The van der Waals surface area contributed by atoms with Crippen molar-refractivity contribution in [1.82, 2.24) is 4.90 Å². The fourth-order valence-electron chi connectivity index (χ4n) is 2.74. The summed E-state index contributed by atoms with van der Waals surface area (Å²) in [6, 6.07) is 7.02. The molecule has 25 heavy (non-hydrogen) atoms. The number of hydrogen-bond acceptors (Lipinski definition) is 6. The van der Waals surface area contributed by atoms with Crippen LogP contribution in [0.3, 0.4) is 0 Å². The minimum Gasteiger partial charge on any atom is -0.465 e. The van der Waals surface area contributed by atoms with Gasteiger partial charge in [0.15, 0.2) is 0 Å². The molecule has 0 radical (unpaired) electrons. The van der Waals surface area contributed by atoms with Crippen LogP contribution < -0.4 is 5.32 Å². The van der Waals surface area contributed by atoms with E-state index in [0.717, 1.165) is 4.88 Å². The molecule has 132 valence electrons. The molecule has 1 fully saturated rings. The Hall–Kier alpha value is -2.19. The van der Waals surface area contributed by atoms with E-state index < -0.39 is 5.97 Å². The Bertz CT molecular complexity index is 761. The highest BCUT2D eigenvalue weighted by molar-refractivity contribution is 7.18. The molecule has 2 aromatic heterocycles. The van der Waals surface area contributed by atoms with Crippen LogP contribution in [0.15, 0.2) is 29.6 Å². The van der Waals surface area contributed by atoms with Gasteiger partial charge in [-0.25, -0.2) is 4.79 Å². The second-order valence-corrected chi connectivity index (χ2v) is 7.72. The van der Waals surface area contributed by atoms with Crippen molar-refractivity contribution < 1.29 is 19.1 Å². The van der Waals surface area contributed by atoms with Crippen LogP contribution in [0.1, 0.15) is 32.2 Å². The van der Waals surface area contributed by atoms with Gasteiger partial charge in [0.05, 0.1) is 17.0 Å². The van der Waals surface area contributed by atoms with Gasteiger partial charge >= 0.3 is 5.97 Å². The summed E-state index contributed by atoms with van der Waals surface area (Å²) in [7, 11) is 1.32. The summed E-state index contributed by atoms with van der Waals surface area (Å²) in [4.78, 5) is 39.2. The lowest BCUT2D eigenvalue weighted by Gasteiger charge is -2.31. The SMILES string of the molecule is COC(=O)c1ccc(NC(=O)C2CCN(C(=O)c3cccs3)CC2)s1. The van der Waals surface area contributed by atoms with E-state index in [-0.39, 0.29) is 17.7 Å². The van der Waals surface area contributed by atoms with Crippen LogP contribution in [-0.2, 0) is 9.53 Å². The summed E-state index contributed by atoms with van der Waals surface area (Å²) in [6.45, 7) is 1.15. The van der Waals surface area contributed by atoms with Crippen molar-refractivity contribution in [2.45, 2.75) is 12.8 Å². The van der Waals surface area contributed by atoms with Gasteiger partial charge in [0, 0.05) is 19.0 Å². The largest absolute Gasteiger partial charge is 0.465 e. The monoisotopic (exact) mass is 378 g/mol. The number of likely N-dealkylation sites (tertiary alicyclic amines) is 1. The van der Waals surface area contributed by atoms with E-state index in [2.05, 4.69) is 10.1 Å². The first-order valence-corrected chi connectivity index (χ1v) is 9.60. The van der Waals surface area contributed by atoms with Gasteiger partial charge in [0.25, 0.3) is 5.91 Å². The topological polar surface area (TPSA) is 75.7 Å². The summed E-state index contributed by atoms with van der Waals surface area (Å²) < 4.78 is 4.66. The smallest absolute Gasteiger partial charge is 0.348 e. The van der Waals surface area contributed by atoms with Crippen molar-refractivity contribution in [3.8, 4) is 0 Å². The van der Waals surface area contributed by atoms with Crippen LogP contribution in [0.2, 0.25) is 0 Å². The van der Waals surface area contributed by atoms with Gasteiger partial charge in [0.2, 0.25) is 5.91 Å². The number of esters is 1. The van der Waals surface area contributed by atoms with Crippen molar-refractivity contribution >= 4 is 45.5 Å². The number of carbonyl (C=O) groups is 3. The molecule has 0 saturated carbocycles. The standard InChI is InChI=1S/C17H18N2O4S2/c1-23-17(22)13-4-5-14(25-13)18-15(20)11-6-8-19(9-7-11)16(21)12-3-2-10-24-12/h2-5,10-11H,6-9H2,1H3,(H,18,20). The lowest BCUT2D eigenvalue weighted by Crippen LogP contribution is -2.41. The van der Waals surface area contributed by atoms with E-state index in [0.29, 0.717) is 35.8 Å². The first-order chi connectivity index (χ1) is 12.1. The van der Waals surface area contributed by atoms with E-state index in [1.807, 2.05) is 17.5 Å². The second-order valence-electron chi connectivity index (χ2n) is 5.69. The molecule has 1 aliphatic rings. The molecule has 1 N–H and O–H groups in total. The molecule has 3 heterocycles. The number of nitrogens with zero attached hydrogens (tertiary/aromatic N) is 1. The maximum absolute atomic E-state index is 12.4. The molecule has 3 rings (SSSR count). The number of carbonyl (C=O) groups excluding carboxylic acids is 3. The first-order valence-electron chi connectivity index (χ1n) is 7.90. The summed E-state index contributed by atoms with van der Waals surface area (Å²) in [5, 5.41) is 5.37. The van der Waals surface area contributed by atoms with Crippen LogP contribution >= 0.6 is 22.7 Å². The quantitative estimate of drug-likeness (QED) is 0.830. The predicted molar refractivity (Wildman–Crippen MR) is 97.2 cm³/mol. The Kier molecular flexibility index (Phi) is 5.50. The summed E-state index contributed by atoms with van der Waals surface area (Å²) in [5.41, 5.74) is 0. The highest BCUT2D eigenvalue weighted by Gasteiger charge is 2.28. The fraction of sp³-hybridized carbons (Fsp3) is 0.353. The van der Waals surface area contributed by atoms with Crippen LogP contribution in [-0.4, -0.2) is 42.9 Å². The van der Waals surface area contributed by atoms with Gasteiger partial charge in [-0.15, -0.1) is 22.7 Å². The molecule has 0 bridgehead atoms. The molecule has 2 aromatic rings. The van der Waals surface area contributed by atoms with Crippen LogP contribution in [0, 0.1) is 5.92 Å². The molecule has 0 atom stereocenters. The Labute approximate surface area is 153 Å². The van der Waals surface area contributed by atoms with Gasteiger partial charge < -0.3 is 15.0 Å². The summed E-state index contributed by atoms with van der Waals surface area (Å²) >= 11 is 2.63. The zero-order valence-corrected chi connectivity index (χ0v) is 15.3. The van der Waals surface area contributed by atoms with E-state index in [1.54, 1.807) is 17.0 Å². The Morgan fingerprint density at radius 2 is 1.92 bits per heavy atom. The number of anilines is 1. The van der Waals surface area contributed by atoms with Crippen molar-refractivity contribution in [2.24, 2.45) is 5.92 Å². The van der Waals surface area contributed by atoms with Crippen molar-refractivity contribution in [1.29, 1.82) is 0 Å². The molecule has 0 aliphatic carbocycles. The molecular formula is C17H18N2O4S2. The number of ether oxygens (including phenoxy) is 1. The van der Waals surface area contributed by atoms with Crippen LogP contribution in [0.4, 0.5) is 5.00 Å². The third-order valence-corrected chi connectivity index (χ3v) is 5.96. The second kappa shape index (κ2) is 7.79. The van der Waals surface area contributed by atoms with Crippen LogP contribution in [0.25, 0.3) is 0 Å². The maximum atomic E-state index is 12.4. The molecule has 0 aromatic carbocycles. The molecule has 6 nitrogen and oxygen atoms in total. The van der Waals surface area contributed by atoms with Gasteiger partial charge in [0.1, 0.15) is 4.88 Å². The molecular weight excluding hydrogens is 360 g/mol. The van der Waals surface area contributed by atoms with E-state index >= 15 is 0 Å². The van der Waals surface area contributed by atoms with Crippen LogP contribution in [0.5, 0.6) is 0 Å². The molecule has 0 unspecified atom stereocenters. The summed E-state index contributed by atoms with van der Waals surface area (Å²) in [6.07, 6.45) is 1.27. The average Bonchev–Trinajstić information content (AvgIpc) is 3.32. The first kappa shape index (κ1) is 17.6. The Balaban J connectivity index is 1.52. The van der Waals surface area contributed by atoms with Crippen molar-refractivity contribution in [2.75, 3.05) is 25.5 Å². The normalized spacial score (nSPS) is 15.0. The number of methoxy groups -OCH3 is 1. The van der Waals surface area contributed by atoms with Crippen molar-refractivity contribution in [3.63, 3.8) is 0 Å². The van der Waals surface area contributed by atoms with E-state index in [9.17, 15) is 14.4 Å². The van der Waals surface area contributed by atoms with Gasteiger partial charge in [-0.05, 0) is 36.4 Å². The summed E-state index contributed by atoms with van der Waals surface area (Å²) in [5.74, 6) is -0.571. The lowest BCUT2D eigenvalue weighted by atomic mass is 9.96. The average molecular weight is 378 g/mol. The molecule has 1 aliphatic heterocycles. The van der Waals surface area contributed by atoms with E-state index in [4.69, 9.17) is 0 Å². The lowest BCUT2D eigenvalue weighted by molar-refractivity contribution is -0.121. The number of nitrogens with one attached hydrogen (secondary N) is 1. The van der Waals surface area contributed by atoms with Crippen molar-refractivity contribution in [3.05, 3.63) is 39.4 Å². The number of hydrogen-bond donors (Lipinski definition) is 1. The third kappa shape index (κ3) is 4.08. The minimum absolute atomic E-state index is 0.0369. The highest BCUT2D eigenvalue weighted by Crippen LogP contribution is 2.26. The number of piperidine rings is 1. The highest BCUT2D eigenvalue weighted by atomic mass is 32.1. The minimum atomic E-state index is -0.411. The molecule has 0 spiro atoms. The van der Waals surface area contributed by atoms with E-state index in [1.165, 1.54) is 29.8 Å². The Morgan fingerprint density at radius 1 is 1.16 bits per heavy atom. The fourth-order valence-corrected chi connectivity index (χ4v) is 4.26. The number of rotatable bonds is 4. The predicted octanol–water partition coefficient (Wildman–Crippen LogP) is 3.09. The molecule has 8 heteroatoms. The molecule has 2 amide bonds. The zero-order valence-electron chi connectivity index (χ0n) is 13.7. The zero-order chi connectivity index (χ0) is 17.8. The number of amides is 2.